The largest absolute Gasteiger partial charge is 0.296 e. The molecule has 0 aliphatic carbocycles. The first-order valence-electron chi connectivity index (χ1n) is 3.04. The van der Waals surface area contributed by atoms with Crippen molar-refractivity contribution >= 4 is 11.8 Å². The first kappa shape index (κ1) is 6.26. The lowest BCUT2D eigenvalue weighted by molar-refractivity contribution is -0.135. The number of hydrogen-bond donors (Lipinski definition) is 1. The van der Waals surface area contributed by atoms with E-state index in [1.807, 2.05) is 6.92 Å². The van der Waals surface area contributed by atoms with Gasteiger partial charge < -0.3 is 0 Å². The predicted molar refractivity (Wildman–Crippen MR) is 31.5 cm³/mol. The lowest BCUT2D eigenvalue weighted by Gasteiger charge is -2.15. The summed E-state index contributed by atoms with van der Waals surface area (Å²) in [5.41, 5.74) is 0. The molecule has 1 rings (SSSR count). The molecule has 1 unspecified atom stereocenters. The van der Waals surface area contributed by atoms with Gasteiger partial charge in [-0.1, -0.05) is 6.92 Å². The molecule has 0 spiro atoms. The van der Waals surface area contributed by atoms with E-state index < -0.39 is 0 Å². The summed E-state index contributed by atoms with van der Waals surface area (Å²) in [6, 6.07) is 0. The lowest BCUT2D eigenvalue weighted by atomic mass is 10.0. The van der Waals surface area contributed by atoms with E-state index >= 15 is 0 Å². The average Bonchev–Trinajstić information content (AvgIpc) is 1.80. The minimum Gasteiger partial charge on any atom is -0.296 e. The molecule has 1 aliphatic heterocycles. The van der Waals surface area contributed by atoms with Gasteiger partial charge in [-0.2, -0.15) is 0 Å². The molecular weight excluding hydrogens is 118 g/mol. The predicted octanol–water partition coefficient (Wildman–Crippen LogP) is 0.0591. The zero-order chi connectivity index (χ0) is 6.85. The van der Waals surface area contributed by atoms with Crippen molar-refractivity contribution in [3.05, 3.63) is 0 Å². The Morgan fingerprint density at radius 2 is 2.22 bits per heavy atom. The molecule has 1 saturated heterocycles. The molecule has 0 saturated carbocycles. The molecule has 2 amide bonds. The minimum absolute atomic E-state index is 0.0164. The third kappa shape index (κ3) is 1.28. The molecule has 1 N–H and O–H groups in total. The molecule has 9 heavy (non-hydrogen) atoms. The number of hydrogen-bond acceptors (Lipinski definition) is 2. The van der Waals surface area contributed by atoms with Crippen LogP contribution in [0.4, 0.5) is 0 Å². The van der Waals surface area contributed by atoms with Gasteiger partial charge in [-0.3, -0.25) is 14.9 Å². The summed E-state index contributed by atoms with van der Waals surface area (Å²) in [6.07, 6.45) is 1.19. The van der Waals surface area contributed by atoms with Crippen LogP contribution in [0.1, 0.15) is 19.8 Å². The molecule has 0 bridgehead atoms. The van der Waals surface area contributed by atoms with Gasteiger partial charge in [-0.15, -0.1) is 0 Å². The smallest absolute Gasteiger partial charge is 0.229 e. The summed E-state index contributed by atoms with van der Waals surface area (Å²) < 4.78 is 0. The first-order valence-corrected chi connectivity index (χ1v) is 3.04. The van der Waals surface area contributed by atoms with Crippen molar-refractivity contribution in [1.29, 1.82) is 0 Å². The number of piperidine rings is 1. The maximum atomic E-state index is 10.7. The van der Waals surface area contributed by atoms with Crippen molar-refractivity contribution in [2.24, 2.45) is 5.92 Å². The number of carbonyl (C=O) groups is 2. The molecule has 1 aliphatic rings. The van der Waals surface area contributed by atoms with Gasteiger partial charge in [0.1, 0.15) is 0 Å². The zero-order valence-corrected chi connectivity index (χ0v) is 5.31. The summed E-state index contributed by atoms with van der Waals surface area (Å²) in [7, 11) is 0. The Morgan fingerprint density at radius 3 is 2.67 bits per heavy atom. The maximum absolute atomic E-state index is 10.7. The molecule has 1 heterocycles. The Labute approximate surface area is 53.4 Å². The zero-order valence-electron chi connectivity index (χ0n) is 5.31. The van der Waals surface area contributed by atoms with Crippen molar-refractivity contribution in [3.63, 3.8) is 0 Å². The standard InChI is InChI=1S/C6H9NO2/c1-4-2-3-5(8)7-6(4)9/h4H,2-3H2,1H3,(H,7,8,9). The number of carbonyl (C=O) groups excluding carboxylic acids is 2. The van der Waals surface area contributed by atoms with Crippen molar-refractivity contribution in [1.82, 2.24) is 5.32 Å². The summed E-state index contributed by atoms with van der Waals surface area (Å²) in [6.45, 7) is 1.82. The minimum atomic E-state index is -0.141. The van der Waals surface area contributed by atoms with Crippen LogP contribution in [-0.2, 0) is 9.59 Å². The Bertz CT molecular complexity index is 153. The van der Waals surface area contributed by atoms with Crippen LogP contribution in [0.3, 0.4) is 0 Å². The fourth-order valence-electron chi connectivity index (χ4n) is 0.802. The molecule has 0 aromatic heterocycles. The Kier molecular flexibility index (Phi) is 1.51. The van der Waals surface area contributed by atoms with Crippen LogP contribution in [0, 0.1) is 5.92 Å². The highest BCUT2D eigenvalue weighted by molar-refractivity contribution is 5.98. The Balaban J connectivity index is 2.54. The second-order valence-electron chi connectivity index (χ2n) is 2.35. The van der Waals surface area contributed by atoms with Gasteiger partial charge in [0, 0.05) is 12.3 Å². The van der Waals surface area contributed by atoms with Crippen LogP contribution < -0.4 is 5.32 Å². The Hall–Kier alpha value is -0.860. The highest BCUT2D eigenvalue weighted by atomic mass is 16.2. The third-order valence-electron chi connectivity index (χ3n) is 1.51. The second-order valence-corrected chi connectivity index (χ2v) is 2.35. The van der Waals surface area contributed by atoms with Gasteiger partial charge in [0.05, 0.1) is 0 Å². The fourth-order valence-corrected chi connectivity index (χ4v) is 0.802. The van der Waals surface area contributed by atoms with Gasteiger partial charge in [0.25, 0.3) is 0 Å². The summed E-state index contributed by atoms with van der Waals surface area (Å²) >= 11 is 0. The Morgan fingerprint density at radius 1 is 1.56 bits per heavy atom. The van der Waals surface area contributed by atoms with E-state index in [-0.39, 0.29) is 17.7 Å². The topological polar surface area (TPSA) is 46.2 Å². The van der Waals surface area contributed by atoms with E-state index in [9.17, 15) is 9.59 Å². The molecule has 0 aromatic carbocycles. The van der Waals surface area contributed by atoms with Crippen LogP contribution in [0.5, 0.6) is 0 Å². The monoisotopic (exact) mass is 127 g/mol. The molecular formula is C6H9NO2. The molecule has 3 heteroatoms. The van der Waals surface area contributed by atoms with E-state index in [0.717, 1.165) is 0 Å². The molecule has 50 valence electrons. The van der Waals surface area contributed by atoms with E-state index in [4.69, 9.17) is 0 Å². The van der Waals surface area contributed by atoms with Crippen LogP contribution >= 0.6 is 0 Å². The highest BCUT2D eigenvalue weighted by Gasteiger charge is 2.21. The molecule has 3 nitrogen and oxygen atoms in total. The number of amides is 2. The third-order valence-corrected chi connectivity index (χ3v) is 1.51. The van der Waals surface area contributed by atoms with Gasteiger partial charge >= 0.3 is 0 Å². The summed E-state index contributed by atoms with van der Waals surface area (Å²) in [5, 5.41) is 2.25. The van der Waals surface area contributed by atoms with Crippen LogP contribution in [0.25, 0.3) is 0 Å². The van der Waals surface area contributed by atoms with Gasteiger partial charge in [-0.05, 0) is 6.42 Å². The van der Waals surface area contributed by atoms with Crippen LogP contribution in [0.2, 0.25) is 0 Å². The average molecular weight is 127 g/mol. The molecule has 0 radical (unpaired) electrons. The molecule has 1 atom stereocenters. The van der Waals surface area contributed by atoms with E-state index in [1.54, 1.807) is 0 Å². The maximum Gasteiger partial charge on any atom is 0.229 e. The number of nitrogens with one attached hydrogen (secondary N) is 1. The van der Waals surface area contributed by atoms with Gasteiger partial charge in [0.2, 0.25) is 11.8 Å². The first-order chi connectivity index (χ1) is 4.20. The number of imide groups is 1. The lowest BCUT2D eigenvalue weighted by Crippen LogP contribution is -2.39. The van der Waals surface area contributed by atoms with E-state index in [1.165, 1.54) is 0 Å². The van der Waals surface area contributed by atoms with Gasteiger partial charge in [0.15, 0.2) is 0 Å². The number of rotatable bonds is 0. The van der Waals surface area contributed by atoms with Crippen molar-refractivity contribution in [2.45, 2.75) is 19.8 Å². The summed E-state index contributed by atoms with van der Waals surface area (Å²) in [4.78, 5) is 21.2. The quantitative estimate of drug-likeness (QED) is 0.468. The molecule has 1 fully saturated rings. The fraction of sp³-hybridized carbons (Fsp3) is 0.667. The SMILES string of the molecule is CC1CCC(=O)NC1=O. The van der Waals surface area contributed by atoms with Gasteiger partial charge in [-0.25, -0.2) is 0 Å². The van der Waals surface area contributed by atoms with Crippen molar-refractivity contribution in [3.8, 4) is 0 Å². The van der Waals surface area contributed by atoms with Crippen LogP contribution in [-0.4, -0.2) is 11.8 Å². The highest BCUT2D eigenvalue weighted by Crippen LogP contribution is 2.09. The summed E-state index contributed by atoms with van der Waals surface area (Å²) in [5.74, 6) is -0.257. The van der Waals surface area contributed by atoms with Crippen LogP contribution in [0.15, 0.2) is 0 Å². The van der Waals surface area contributed by atoms with Crippen molar-refractivity contribution in [2.75, 3.05) is 0 Å². The second kappa shape index (κ2) is 2.17. The van der Waals surface area contributed by atoms with E-state index in [2.05, 4.69) is 5.32 Å². The normalized spacial score (nSPS) is 27.9. The van der Waals surface area contributed by atoms with E-state index in [0.29, 0.717) is 12.8 Å². The molecule has 0 aromatic rings. The van der Waals surface area contributed by atoms with Crippen molar-refractivity contribution < 1.29 is 9.59 Å².